The third-order valence-electron chi connectivity index (χ3n) is 4.05. The SMILES string of the molecule is C[N+]1=CC(c2cnc3cc(NC(=O)Nc4ccc(Br)cc4)ccc3n2)C=N1. The Morgan fingerprint density at radius 3 is 2.56 bits per heavy atom. The summed E-state index contributed by atoms with van der Waals surface area (Å²) in [7, 11) is 1.88. The van der Waals surface area contributed by atoms with E-state index in [0.717, 1.165) is 15.7 Å². The number of benzene rings is 2. The number of fused-ring (bicyclic) bond motifs is 1. The van der Waals surface area contributed by atoms with Gasteiger partial charge in [0.05, 0.1) is 29.1 Å². The number of amides is 2. The van der Waals surface area contributed by atoms with Crippen molar-refractivity contribution in [2.45, 2.75) is 5.92 Å². The molecule has 0 bridgehead atoms. The quantitative estimate of drug-likeness (QED) is 0.627. The van der Waals surface area contributed by atoms with E-state index in [2.05, 4.69) is 41.6 Å². The number of hydrogen-bond acceptors (Lipinski definition) is 4. The molecular weight excluding hydrogens is 408 g/mol. The van der Waals surface area contributed by atoms with E-state index in [1.54, 1.807) is 23.0 Å². The summed E-state index contributed by atoms with van der Waals surface area (Å²) in [6.07, 6.45) is 5.54. The average molecular weight is 424 g/mol. The molecule has 1 atom stereocenters. The molecule has 8 heteroatoms. The van der Waals surface area contributed by atoms with Gasteiger partial charge in [-0.1, -0.05) is 20.6 Å². The zero-order valence-electron chi connectivity index (χ0n) is 14.4. The first-order valence-corrected chi connectivity index (χ1v) is 9.08. The average Bonchev–Trinajstić information content (AvgIpc) is 3.09. The highest BCUT2D eigenvalue weighted by molar-refractivity contribution is 9.10. The minimum Gasteiger partial charge on any atom is -0.308 e. The fraction of sp³-hybridized carbons (Fsp3) is 0.105. The maximum Gasteiger partial charge on any atom is 0.323 e. The predicted octanol–water partition coefficient (Wildman–Crippen LogP) is 3.83. The summed E-state index contributed by atoms with van der Waals surface area (Å²) in [6.45, 7) is 0. The molecule has 1 unspecified atom stereocenters. The van der Waals surface area contributed by atoms with E-state index < -0.39 is 0 Å². The van der Waals surface area contributed by atoms with Crippen LogP contribution in [0.3, 0.4) is 0 Å². The smallest absolute Gasteiger partial charge is 0.308 e. The lowest BCUT2D eigenvalue weighted by Gasteiger charge is -2.09. The van der Waals surface area contributed by atoms with Crippen molar-refractivity contribution in [3.05, 3.63) is 58.8 Å². The minimum absolute atomic E-state index is 0.0291. The highest BCUT2D eigenvalue weighted by Crippen LogP contribution is 2.20. The Morgan fingerprint density at radius 2 is 1.81 bits per heavy atom. The number of carbonyl (C=O) groups is 1. The van der Waals surface area contributed by atoms with E-state index >= 15 is 0 Å². The molecule has 1 aliphatic heterocycles. The molecule has 0 fully saturated rings. The Morgan fingerprint density at radius 1 is 1.07 bits per heavy atom. The summed E-state index contributed by atoms with van der Waals surface area (Å²) in [6, 6.07) is 12.5. The summed E-state index contributed by atoms with van der Waals surface area (Å²) >= 11 is 3.37. The number of halogens is 1. The molecule has 2 N–H and O–H groups in total. The lowest BCUT2D eigenvalue weighted by atomic mass is 10.1. The molecule has 1 aliphatic rings. The van der Waals surface area contributed by atoms with Crippen molar-refractivity contribution in [2.75, 3.05) is 17.7 Å². The van der Waals surface area contributed by atoms with Gasteiger partial charge in [0, 0.05) is 15.8 Å². The second kappa shape index (κ2) is 7.24. The van der Waals surface area contributed by atoms with E-state index in [4.69, 9.17) is 0 Å². The topological polar surface area (TPSA) is 82.3 Å². The number of nitrogens with one attached hydrogen (secondary N) is 2. The second-order valence-corrected chi connectivity index (χ2v) is 7.01. The van der Waals surface area contributed by atoms with E-state index in [-0.39, 0.29) is 11.9 Å². The maximum absolute atomic E-state index is 12.2. The Hall–Kier alpha value is -3.13. The second-order valence-electron chi connectivity index (χ2n) is 6.10. The van der Waals surface area contributed by atoms with Crippen molar-refractivity contribution in [1.82, 2.24) is 9.97 Å². The van der Waals surface area contributed by atoms with Gasteiger partial charge in [-0.15, -0.1) is 0 Å². The van der Waals surface area contributed by atoms with Crippen LogP contribution in [-0.2, 0) is 0 Å². The van der Waals surface area contributed by atoms with Gasteiger partial charge in [0.15, 0.2) is 13.3 Å². The van der Waals surface area contributed by atoms with Crippen LogP contribution >= 0.6 is 15.9 Å². The van der Waals surface area contributed by atoms with Crippen LogP contribution < -0.4 is 10.6 Å². The number of nitrogens with zero attached hydrogens (tertiary/aromatic N) is 4. The Balaban J connectivity index is 1.49. The van der Waals surface area contributed by atoms with Gasteiger partial charge in [0.1, 0.15) is 5.92 Å². The number of rotatable bonds is 3. The molecule has 2 amide bonds. The van der Waals surface area contributed by atoms with Gasteiger partial charge in [-0.25, -0.2) is 9.78 Å². The largest absolute Gasteiger partial charge is 0.323 e. The Labute approximate surface area is 164 Å². The molecule has 4 rings (SSSR count). The third-order valence-corrected chi connectivity index (χ3v) is 4.58. The van der Waals surface area contributed by atoms with Gasteiger partial charge in [-0.05, 0) is 47.6 Å². The van der Waals surface area contributed by atoms with E-state index in [9.17, 15) is 4.79 Å². The molecule has 3 aromatic rings. The minimum atomic E-state index is -0.318. The molecule has 0 aliphatic carbocycles. The fourth-order valence-corrected chi connectivity index (χ4v) is 2.99. The molecule has 7 nitrogen and oxygen atoms in total. The highest BCUT2D eigenvalue weighted by Gasteiger charge is 2.19. The van der Waals surface area contributed by atoms with Crippen molar-refractivity contribution < 1.29 is 9.48 Å². The molecule has 0 radical (unpaired) electrons. The van der Waals surface area contributed by atoms with Crippen molar-refractivity contribution in [2.24, 2.45) is 5.10 Å². The molecule has 2 aromatic carbocycles. The summed E-state index contributed by atoms with van der Waals surface area (Å²) in [5.41, 5.74) is 3.67. The van der Waals surface area contributed by atoms with Crippen LogP contribution in [0.4, 0.5) is 16.2 Å². The highest BCUT2D eigenvalue weighted by atomic mass is 79.9. The van der Waals surface area contributed by atoms with Crippen LogP contribution in [0.25, 0.3) is 11.0 Å². The first-order chi connectivity index (χ1) is 13.1. The fourth-order valence-electron chi connectivity index (χ4n) is 2.73. The standard InChI is InChI=1S/C19H15BrN6O/c1-26-11-12(9-22-26)18-10-21-17-8-15(6-7-16(17)25-18)24-19(27)23-14-4-2-13(20)3-5-14/h2-12H,1H3,(H-,21,23,24,27)/p+1. The molecule has 134 valence electrons. The van der Waals surface area contributed by atoms with Gasteiger partial charge in [-0.2, -0.15) is 0 Å². The first-order valence-electron chi connectivity index (χ1n) is 8.29. The monoisotopic (exact) mass is 423 g/mol. The summed E-state index contributed by atoms with van der Waals surface area (Å²) in [5, 5.41) is 9.78. The van der Waals surface area contributed by atoms with Crippen LogP contribution in [0.15, 0.2) is 58.2 Å². The number of carbonyl (C=O) groups excluding carboxylic acids is 1. The molecule has 0 spiro atoms. The van der Waals surface area contributed by atoms with E-state index in [0.29, 0.717) is 16.9 Å². The van der Waals surface area contributed by atoms with Crippen molar-refractivity contribution >= 4 is 56.8 Å². The normalized spacial score (nSPS) is 15.6. The van der Waals surface area contributed by atoms with Crippen LogP contribution in [0.5, 0.6) is 0 Å². The van der Waals surface area contributed by atoms with E-state index in [1.807, 2.05) is 49.8 Å². The molecular formula is C19H16BrN6O+. The van der Waals surface area contributed by atoms with Crippen LogP contribution in [0, 0.1) is 0 Å². The van der Waals surface area contributed by atoms with Crippen molar-refractivity contribution in [3.63, 3.8) is 0 Å². The van der Waals surface area contributed by atoms with Gasteiger partial charge in [0.2, 0.25) is 0 Å². The molecule has 2 heterocycles. The number of aromatic nitrogens is 2. The van der Waals surface area contributed by atoms with Crippen LogP contribution in [0.1, 0.15) is 11.6 Å². The lowest BCUT2D eigenvalue weighted by Crippen LogP contribution is -2.19. The predicted molar refractivity (Wildman–Crippen MR) is 110 cm³/mol. The number of anilines is 2. The molecule has 27 heavy (non-hydrogen) atoms. The summed E-state index contributed by atoms with van der Waals surface area (Å²) in [5.74, 6) is 0.0291. The van der Waals surface area contributed by atoms with Crippen molar-refractivity contribution in [1.29, 1.82) is 0 Å². The van der Waals surface area contributed by atoms with E-state index in [1.165, 1.54) is 0 Å². The van der Waals surface area contributed by atoms with Crippen molar-refractivity contribution in [3.8, 4) is 0 Å². The third kappa shape index (κ3) is 4.01. The maximum atomic E-state index is 12.2. The van der Waals surface area contributed by atoms with Gasteiger partial charge in [-0.3, -0.25) is 4.98 Å². The van der Waals surface area contributed by atoms with Crippen LogP contribution in [-0.4, -0.2) is 40.2 Å². The molecule has 1 aromatic heterocycles. The van der Waals surface area contributed by atoms with Gasteiger partial charge < -0.3 is 10.6 Å². The first kappa shape index (κ1) is 17.3. The Bertz CT molecular complexity index is 1080. The lowest BCUT2D eigenvalue weighted by molar-refractivity contribution is -0.494. The van der Waals surface area contributed by atoms with Gasteiger partial charge >= 0.3 is 6.03 Å². The van der Waals surface area contributed by atoms with Gasteiger partial charge in [0.25, 0.3) is 0 Å². The van der Waals surface area contributed by atoms with Crippen LogP contribution in [0.2, 0.25) is 0 Å². The Kier molecular flexibility index (Phi) is 4.64. The molecule has 0 saturated heterocycles. The number of hydrogen-bond donors (Lipinski definition) is 2. The molecule has 0 saturated carbocycles. The zero-order chi connectivity index (χ0) is 18.8. The summed E-state index contributed by atoms with van der Waals surface area (Å²) in [4.78, 5) is 21.3. The summed E-state index contributed by atoms with van der Waals surface area (Å²) < 4.78 is 2.71. The number of hydrazone groups is 1. The number of urea groups is 1. The zero-order valence-corrected chi connectivity index (χ0v) is 16.0.